The summed E-state index contributed by atoms with van der Waals surface area (Å²) >= 11 is 0. The molecule has 1 aromatic heterocycles. The molecule has 2 aromatic carbocycles. The largest absolute Gasteiger partial charge is 0.497 e. The van der Waals surface area contributed by atoms with Gasteiger partial charge in [-0.15, -0.1) is 0 Å². The number of ether oxygens (including phenoxy) is 2. The molecule has 0 saturated heterocycles. The Kier molecular flexibility index (Phi) is 6.66. The first kappa shape index (κ1) is 21.6. The number of carbonyl (C=O) groups is 2. The average molecular weight is 422 g/mol. The third kappa shape index (κ3) is 5.47. The van der Waals surface area contributed by atoms with E-state index in [-0.39, 0.29) is 12.5 Å². The van der Waals surface area contributed by atoms with Crippen LogP contribution in [0, 0.1) is 0 Å². The van der Waals surface area contributed by atoms with Crippen LogP contribution in [0.25, 0.3) is 11.3 Å². The summed E-state index contributed by atoms with van der Waals surface area (Å²) in [5, 5.41) is 9.66. The molecule has 31 heavy (non-hydrogen) atoms. The van der Waals surface area contributed by atoms with Crippen LogP contribution in [0.15, 0.2) is 59.4 Å². The first-order chi connectivity index (χ1) is 14.9. The van der Waals surface area contributed by atoms with E-state index in [4.69, 9.17) is 9.47 Å². The van der Waals surface area contributed by atoms with Crippen molar-refractivity contribution in [2.24, 2.45) is 0 Å². The van der Waals surface area contributed by atoms with Crippen LogP contribution in [0.4, 0.5) is 11.4 Å². The van der Waals surface area contributed by atoms with Crippen molar-refractivity contribution in [3.8, 4) is 22.8 Å². The Morgan fingerprint density at radius 1 is 0.968 bits per heavy atom. The van der Waals surface area contributed by atoms with Crippen molar-refractivity contribution >= 4 is 23.2 Å². The Hall–Kier alpha value is -4.14. The standard InChI is InChI=1S/C22H22N4O5/c1-14(27)23-15-5-4-6-16(11-15)24-21(28)13-26-22(29)10-8-19(25-26)18-12-17(30-2)7-9-20(18)31-3/h4-12H,13H2,1-3H3,(H,23,27)(H,24,28). The number of amides is 2. The van der Waals surface area contributed by atoms with Crippen LogP contribution in [0.5, 0.6) is 11.5 Å². The molecule has 9 nitrogen and oxygen atoms in total. The lowest BCUT2D eigenvalue weighted by Crippen LogP contribution is -2.29. The van der Waals surface area contributed by atoms with Crippen LogP contribution in [0.2, 0.25) is 0 Å². The van der Waals surface area contributed by atoms with Crippen molar-refractivity contribution in [1.29, 1.82) is 0 Å². The zero-order valence-electron chi connectivity index (χ0n) is 17.3. The normalized spacial score (nSPS) is 10.3. The van der Waals surface area contributed by atoms with Gasteiger partial charge in [-0.3, -0.25) is 14.4 Å². The number of aromatic nitrogens is 2. The van der Waals surface area contributed by atoms with E-state index < -0.39 is 11.5 Å². The van der Waals surface area contributed by atoms with E-state index in [1.165, 1.54) is 20.1 Å². The average Bonchev–Trinajstić information content (AvgIpc) is 2.74. The number of carbonyl (C=O) groups excluding carboxylic acids is 2. The molecule has 2 N–H and O–H groups in total. The van der Waals surface area contributed by atoms with Crippen LogP contribution in [0.3, 0.4) is 0 Å². The summed E-state index contributed by atoms with van der Waals surface area (Å²) in [4.78, 5) is 36.0. The number of benzene rings is 2. The lowest BCUT2D eigenvalue weighted by Gasteiger charge is -2.12. The van der Waals surface area contributed by atoms with Crippen molar-refractivity contribution in [2.75, 3.05) is 24.9 Å². The van der Waals surface area contributed by atoms with Crippen molar-refractivity contribution < 1.29 is 19.1 Å². The van der Waals surface area contributed by atoms with Gasteiger partial charge in [0.15, 0.2) is 0 Å². The molecule has 0 radical (unpaired) electrons. The van der Waals surface area contributed by atoms with Crippen LogP contribution < -0.4 is 25.7 Å². The number of nitrogens with one attached hydrogen (secondary N) is 2. The van der Waals surface area contributed by atoms with E-state index >= 15 is 0 Å². The first-order valence-electron chi connectivity index (χ1n) is 9.37. The molecule has 9 heteroatoms. The summed E-state index contributed by atoms with van der Waals surface area (Å²) in [7, 11) is 3.08. The van der Waals surface area contributed by atoms with Crippen LogP contribution >= 0.6 is 0 Å². The van der Waals surface area contributed by atoms with Gasteiger partial charge in [0, 0.05) is 29.9 Å². The highest BCUT2D eigenvalue weighted by Crippen LogP contribution is 2.31. The van der Waals surface area contributed by atoms with Gasteiger partial charge in [-0.2, -0.15) is 5.10 Å². The Morgan fingerprint density at radius 2 is 1.71 bits per heavy atom. The van der Waals surface area contributed by atoms with Crippen molar-refractivity contribution in [3.05, 3.63) is 65.0 Å². The van der Waals surface area contributed by atoms with Crippen LogP contribution in [-0.2, 0) is 16.1 Å². The topological polar surface area (TPSA) is 112 Å². The fourth-order valence-corrected chi connectivity index (χ4v) is 2.93. The molecule has 0 unspecified atom stereocenters. The molecule has 0 bridgehead atoms. The summed E-state index contributed by atoms with van der Waals surface area (Å²) in [6, 6.07) is 14.8. The number of anilines is 2. The zero-order chi connectivity index (χ0) is 22.4. The maximum Gasteiger partial charge on any atom is 0.267 e. The Labute approximate surface area is 178 Å². The maximum atomic E-state index is 12.5. The monoisotopic (exact) mass is 422 g/mol. The van der Waals surface area contributed by atoms with Gasteiger partial charge < -0.3 is 20.1 Å². The number of nitrogens with zero attached hydrogens (tertiary/aromatic N) is 2. The predicted octanol–water partition coefficient (Wildman–Crippen LogP) is 2.52. The van der Waals surface area contributed by atoms with Gasteiger partial charge in [0.1, 0.15) is 18.0 Å². The molecule has 2 amide bonds. The molecule has 1 heterocycles. The highest BCUT2D eigenvalue weighted by molar-refractivity contribution is 5.93. The second kappa shape index (κ2) is 9.57. The summed E-state index contributed by atoms with van der Waals surface area (Å²) < 4.78 is 11.7. The van der Waals surface area contributed by atoms with E-state index in [0.29, 0.717) is 34.1 Å². The molecule has 0 spiro atoms. The Morgan fingerprint density at radius 3 is 2.39 bits per heavy atom. The van der Waals surface area contributed by atoms with E-state index in [9.17, 15) is 14.4 Å². The first-order valence-corrected chi connectivity index (χ1v) is 9.37. The second-order valence-corrected chi connectivity index (χ2v) is 6.59. The van der Waals surface area contributed by atoms with Crippen molar-refractivity contribution in [3.63, 3.8) is 0 Å². The van der Waals surface area contributed by atoms with Crippen LogP contribution in [0.1, 0.15) is 6.92 Å². The lowest BCUT2D eigenvalue weighted by atomic mass is 10.1. The molecule has 3 rings (SSSR count). The van der Waals surface area contributed by atoms with E-state index in [1.54, 1.807) is 55.6 Å². The van der Waals surface area contributed by atoms with Crippen molar-refractivity contribution in [1.82, 2.24) is 9.78 Å². The Bertz CT molecular complexity index is 1170. The summed E-state index contributed by atoms with van der Waals surface area (Å²) in [6.45, 7) is 1.11. The molecule has 160 valence electrons. The molecular weight excluding hydrogens is 400 g/mol. The second-order valence-electron chi connectivity index (χ2n) is 6.59. The van der Waals surface area contributed by atoms with Gasteiger partial charge in [0.25, 0.3) is 5.56 Å². The third-order valence-corrected chi connectivity index (χ3v) is 4.31. The predicted molar refractivity (Wildman–Crippen MR) is 116 cm³/mol. The number of methoxy groups -OCH3 is 2. The van der Waals surface area contributed by atoms with Gasteiger partial charge in [-0.25, -0.2) is 4.68 Å². The third-order valence-electron chi connectivity index (χ3n) is 4.31. The number of hydrogen-bond acceptors (Lipinski definition) is 6. The summed E-state index contributed by atoms with van der Waals surface area (Å²) in [5.41, 5.74) is 1.69. The molecular formula is C22H22N4O5. The maximum absolute atomic E-state index is 12.5. The minimum absolute atomic E-state index is 0.219. The molecule has 0 fully saturated rings. The fourth-order valence-electron chi connectivity index (χ4n) is 2.93. The smallest absolute Gasteiger partial charge is 0.267 e. The quantitative estimate of drug-likeness (QED) is 0.605. The Balaban J connectivity index is 1.82. The fraction of sp³-hybridized carbons (Fsp3) is 0.182. The van der Waals surface area contributed by atoms with E-state index in [2.05, 4.69) is 15.7 Å². The van der Waals surface area contributed by atoms with Gasteiger partial charge in [0.2, 0.25) is 11.8 Å². The van der Waals surface area contributed by atoms with Gasteiger partial charge in [-0.1, -0.05) is 6.07 Å². The van der Waals surface area contributed by atoms with Gasteiger partial charge >= 0.3 is 0 Å². The van der Waals surface area contributed by atoms with Gasteiger partial charge in [-0.05, 0) is 42.5 Å². The zero-order valence-corrected chi connectivity index (χ0v) is 17.3. The number of rotatable bonds is 7. The summed E-state index contributed by atoms with van der Waals surface area (Å²) in [6.07, 6.45) is 0. The van der Waals surface area contributed by atoms with Gasteiger partial charge in [0.05, 0.1) is 19.9 Å². The molecule has 0 aliphatic carbocycles. The highest BCUT2D eigenvalue weighted by atomic mass is 16.5. The number of hydrogen-bond donors (Lipinski definition) is 2. The molecule has 0 atom stereocenters. The van der Waals surface area contributed by atoms with E-state index in [1.807, 2.05) is 0 Å². The molecule has 3 aromatic rings. The minimum Gasteiger partial charge on any atom is -0.497 e. The minimum atomic E-state index is -0.440. The molecule has 0 saturated carbocycles. The highest BCUT2D eigenvalue weighted by Gasteiger charge is 2.13. The SMILES string of the molecule is COc1ccc(OC)c(-c2ccc(=O)n(CC(=O)Nc3cccc(NC(C)=O)c3)n2)c1. The van der Waals surface area contributed by atoms with E-state index in [0.717, 1.165) is 4.68 Å². The summed E-state index contributed by atoms with van der Waals surface area (Å²) in [5.74, 6) is 0.498. The lowest BCUT2D eigenvalue weighted by molar-refractivity contribution is -0.117. The van der Waals surface area contributed by atoms with Crippen molar-refractivity contribution in [2.45, 2.75) is 13.5 Å². The molecule has 0 aliphatic rings. The van der Waals surface area contributed by atoms with Crippen LogP contribution in [-0.4, -0.2) is 35.8 Å². The molecule has 0 aliphatic heterocycles.